The minimum absolute atomic E-state index is 0.0122. The third kappa shape index (κ3) is 5.96. The second kappa shape index (κ2) is 2.31. The summed E-state index contributed by atoms with van der Waals surface area (Å²) < 4.78 is 0. The highest BCUT2D eigenvalue weighted by Crippen LogP contribution is 2.04. The molecule has 0 saturated carbocycles. The number of hydrogen-bond donors (Lipinski definition) is 1. The van der Waals surface area contributed by atoms with Crippen LogP contribution in [0.3, 0.4) is 0 Å². The minimum Gasteiger partial charge on any atom is -0.326 e. The molecule has 0 fully saturated rings. The maximum absolute atomic E-state index is 5.61. The molecule has 0 aliphatic carbocycles. The third-order valence-electron chi connectivity index (χ3n) is 0.821. The molecule has 0 aliphatic rings. The highest BCUT2D eigenvalue weighted by Gasteiger charge is 2.06. The highest BCUT2D eigenvalue weighted by molar-refractivity contribution is 4.70. The van der Waals surface area contributed by atoms with E-state index in [1.807, 2.05) is 13.8 Å². The van der Waals surface area contributed by atoms with Crippen LogP contribution in [0.25, 0.3) is 0 Å². The predicted octanol–water partition coefficient (Wildman–Crippen LogP) is 1.34. The summed E-state index contributed by atoms with van der Waals surface area (Å²) in [6.07, 6.45) is 1.94. The fraction of sp³-hybridized carbons (Fsp3) is 0.833. The number of rotatable bonds is 2. The molecule has 2 N–H and O–H groups in total. The molecule has 0 bridgehead atoms. The second-order valence-corrected chi connectivity index (χ2v) is 2.59. The van der Waals surface area contributed by atoms with Crippen molar-refractivity contribution in [2.45, 2.75) is 32.2 Å². The Labute approximate surface area is 45.9 Å². The zero-order valence-electron chi connectivity index (χ0n) is 5.20. The Balaban J connectivity index is 3.15. The van der Waals surface area contributed by atoms with Crippen LogP contribution >= 0.6 is 0 Å². The molecule has 1 nitrogen and oxygen atoms in total. The van der Waals surface area contributed by atoms with Crippen molar-refractivity contribution in [3.8, 4) is 0 Å². The van der Waals surface area contributed by atoms with Crippen molar-refractivity contribution in [1.82, 2.24) is 0 Å². The van der Waals surface area contributed by atoms with Crippen LogP contribution in [0, 0.1) is 6.92 Å². The van der Waals surface area contributed by atoms with E-state index in [1.165, 1.54) is 0 Å². The monoisotopic (exact) mass is 100 g/mol. The lowest BCUT2D eigenvalue weighted by molar-refractivity contribution is 0.480. The largest absolute Gasteiger partial charge is 0.326 e. The van der Waals surface area contributed by atoms with Gasteiger partial charge in [0.1, 0.15) is 0 Å². The molecule has 0 rings (SSSR count). The molecule has 0 amide bonds. The van der Waals surface area contributed by atoms with Crippen molar-refractivity contribution in [2.24, 2.45) is 5.73 Å². The van der Waals surface area contributed by atoms with Gasteiger partial charge >= 0.3 is 0 Å². The molecule has 0 aromatic carbocycles. The summed E-state index contributed by atoms with van der Waals surface area (Å²) in [6.45, 7) is 7.72. The van der Waals surface area contributed by atoms with E-state index in [9.17, 15) is 0 Å². The van der Waals surface area contributed by atoms with E-state index in [1.54, 1.807) is 0 Å². The average molecular weight is 100 g/mol. The molecule has 0 saturated heterocycles. The van der Waals surface area contributed by atoms with Gasteiger partial charge in [0.05, 0.1) is 0 Å². The van der Waals surface area contributed by atoms with Gasteiger partial charge in [0, 0.05) is 5.54 Å². The molecule has 0 spiro atoms. The fourth-order valence-electron chi connectivity index (χ4n) is 0.456. The Hall–Kier alpha value is -0.0400. The molecule has 0 heterocycles. The van der Waals surface area contributed by atoms with E-state index < -0.39 is 0 Å². The molecular weight excluding hydrogens is 86.1 g/mol. The number of nitrogens with two attached hydrogens (primary N) is 1. The molecule has 0 aromatic heterocycles. The average Bonchev–Trinajstić information content (AvgIpc) is 1.30. The van der Waals surface area contributed by atoms with Crippen molar-refractivity contribution in [3.63, 3.8) is 0 Å². The zero-order valence-corrected chi connectivity index (χ0v) is 5.20. The lowest BCUT2D eigenvalue weighted by atomic mass is 10.0. The van der Waals surface area contributed by atoms with Crippen LogP contribution in [0.1, 0.15) is 26.7 Å². The molecule has 43 valence electrons. The van der Waals surface area contributed by atoms with Crippen LogP contribution in [-0.4, -0.2) is 5.54 Å². The fourth-order valence-corrected chi connectivity index (χ4v) is 0.456. The molecular formula is C6H14N. The first-order chi connectivity index (χ1) is 3.06. The van der Waals surface area contributed by atoms with E-state index in [-0.39, 0.29) is 5.54 Å². The molecule has 1 radical (unpaired) electrons. The van der Waals surface area contributed by atoms with Crippen molar-refractivity contribution in [3.05, 3.63) is 6.92 Å². The third-order valence-corrected chi connectivity index (χ3v) is 0.821. The Kier molecular flexibility index (Phi) is 2.30. The Morgan fingerprint density at radius 1 is 1.57 bits per heavy atom. The first kappa shape index (κ1) is 6.96. The highest BCUT2D eigenvalue weighted by atomic mass is 14.7. The van der Waals surface area contributed by atoms with E-state index in [4.69, 9.17) is 5.73 Å². The SMILES string of the molecule is [CH2]CCC(C)(C)N. The van der Waals surface area contributed by atoms with Crippen molar-refractivity contribution in [2.75, 3.05) is 0 Å². The first-order valence-corrected chi connectivity index (χ1v) is 2.64. The van der Waals surface area contributed by atoms with Gasteiger partial charge in [0.15, 0.2) is 0 Å². The Morgan fingerprint density at radius 2 is 2.00 bits per heavy atom. The summed E-state index contributed by atoms with van der Waals surface area (Å²) in [4.78, 5) is 0. The van der Waals surface area contributed by atoms with Crippen LogP contribution in [-0.2, 0) is 0 Å². The molecule has 7 heavy (non-hydrogen) atoms. The Morgan fingerprint density at radius 3 is 2.00 bits per heavy atom. The van der Waals surface area contributed by atoms with Crippen LogP contribution in [0.2, 0.25) is 0 Å². The van der Waals surface area contributed by atoms with Crippen LogP contribution in [0.5, 0.6) is 0 Å². The second-order valence-electron chi connectivity index (χ2n) is 2.59. The summed E-state index contributed by atoms with van der Waals surface area (Å²) in [5.74, 6) is 0. The van der Waals surface area contributed by atoms with Gasteiger partial charge in [-0.2, -0.15) is 0 Å². The van der Waals surface area contributed by atoms with E-state index in [2.05, 4.69) is 6.92 Å². The lowest BCUT2D eigenvalue weighted by Crippen LogP contribution is -2.31. The van der Waals surface area contributed by atoms with Gasteiger partial charge in [-0.1, -0.05) is 13.3 Å². The normalized spacial score (nSPS) is 12.0. The minimum atomic E-state index is -0.0122. The standard InChI is InChI=1S/C6H14N/c1-4-5-6(2,3)7/h1,4-5,7H2,2-3H3. The summed E-state index contributed by atoms with van der Waals surface area (Å²) in [5, 5.41) is 0. The van der Waals surface area contributed by atoms with Crippen molar-refractivity contribution >= 4 is 0 Å². The van der Waals surface area contributed by atoms with Gasteiger partial charge in [-0.25, -0.2) is 0 Å². The van der Waals surface area contributed by atoms with E-state index in [0.717, 1.165) is 12.8 Å². The first-order valence-electron chi connectivity index (χ1n) is 2.64. The van der Waals surface area contributed by atoms with Gasteiger partial charge < -0.3 is 5.73 Å². The zero-order chi connectivity index (χ0) is 5.91. The Bertz CT molecular complexity index is 42.6. The topological polar surface area (TPSA) is 26.0 Å². The smallest absolute Gasteiger partial charge is 0.00970 e. The van der Waals surface area contributed by atoms with Gasteiger partial charge in [0.25, 0.3) is 0 Å². The molecule has 0 atom stereocenters. The van der Waals surface area contributed by atoms with Crippen LogP contribution < -0.4 is 5.73 Å². The molecule has 0 unspecified atom stereocenters. The van der Waals surface area contributed by atoms with Gasteiger partial charge in [-0.15, -0.1) is 0 Å². The maximum atomic E-state index is 5.61. The van der Waals surface area contributed by atoms with Gasteiger partial charge in [-0.3, -0.25) is 0 Å². The van der Waals surface area contributed by atoms with Crippen LogP contribution in [0.15, 0.2) is 0 Å². The molecule has 0 aromatic rings. The van der Waals surface area contributed by atoms with E-state index in [0.29, 0.717) is 0 Å². The van der Waals surface area contributed by atoms with Gasteiger partial charge in [0.2, 0.25) is 0 Å². The van der Waals surface area contributed by atoms with Crippen molar-refractivity contribution < 1.29 is 0 Å². The van der Waals surface area contributed by atoms with Crippen molar-refractivity contribution in [1.29, 1.82) is 0 Å². The molecule has 1 heteroatoms. The predicted molar refractivity (Wildman–Crippen MR) is 32.9 cm³/mol. The molecule has 0 aliphatic heterocycles. The summed E-state index contributed by atoms with van der Waals surface area (Å²) >= 11 is 0. The summed E-state index contributed by atoms with van der Waals surface area (Å²) in [6, 6.07) is 0. The maximum Gasteiger partial charge on any atom is 0.00970 e. The number of hydrogen-bond acceptors (Lipinski definition) is 1. The summed E-state index contributed by atoms with van der Waals surface area (Å²) in [5.41, 5.74) is 5.59. The van der Waals surface area contributed by atoms with Crippen LogP contribution in [0.4, 0.5) is 0 Å². The quantitative estimate of drug-likeness (QED) is 0.556. The van der Waals surface area contributed by atoms with E-state index >= 15 is 0 Å². The lowest BCUT2D eigenvalue weighted by Gasteiger charge is -2.15. The van der Waals surface area contributed by atoms with Gasteiger partial charge in [-0.05, 0) is 20.3 Å². The summed E-state index contributed by atoms with van der Waals surface area (Å²) in [7, 11) is 0.